The maximum absolute atomic E-state index is 12.2. The molecule has 22 heavy (non-hydrogen) atoms. The van der Waals surface area contributed by atoms with E-state index in [1.54, 1.807) is 7.11 Å². The third kappa shape index (κ3) is 4.35. The van der Waals surface area contributed by atoms with Crippen LogP contribution in [0.15, 0.2) is 54.6 Å². The van der Waals surface area contributed by atoms with E-state index in [0.29, 0.717) is 6.42 Å². The Balaban J connectivity index is 1.93. The Morgan fingerprint density at radius 3 is 2.27 bits per heavy atom. The Bertz CT molecular complexity index is 603. The third-order valence-corrected chi connectivity index (χ3v) is 3.75. The van der Waals surface area contributed by atoms with E-state index in [0.717, 1.165) is 17.7 Å². The van der Waals surface area contributed by atoms with E-state index >= 15 is 0 Å². The molecular formula is C19H23NO2. The summed E-state index contributed by atoms with van der Waals surface area (Å²) in [5.41, 5.74) is 1.83. The van der Waals surface area contributed by atoms with Crippen LogP contribution in [0.5, 0.6) is 5.75 Å². The molecule has 0 aliphatic carbocycles. The molecule has 0 unspecified atom stereocenters. The topological polar surface area (TPSA) is 38.3 Å². The van der Waals surface area contributed by atoms with Crippen LogP contribution in [0, 0.1) is 0 Å². The van der Waals surface area contributed by atoms with Crippen molar-refractivity contribution in [3.63, 3.8) is 0 Å². The highest BCUT2D eigenvalue weighted by Gasteiger charge is 2.22. The van der Waals surface area contributed by atoms with Crippen LogP contribution >= 0.6 is 0 Å². The maximum atomic E-state index is 12.2. The first-order valence-electron chi connectivity index (χ1n) is 7.51. The van der Waals surface area contributed by atoms with Gasteiger partial charge in [-0.3, -0.25) is 4.79 Å². The van der Waals surface area contributed by atoms with Gasteiger partial charge in [-0.25, -0.2) is 0 Å². The summed E-state index contributed by atoms with van der Waals surface area (Å²) in [4.78, 5) is 12.2. The molecule has 0 radical (unpaired) electrons. The summed E-state index contributed by atoms with van der Waals surface area (Å²) in [6.07, 6.45) is 1.25. The summed E-state index contributed by atoms with van der Waals surface area (Å²) in [7, 11) is 1.64. The molecule has 0 bridgehead atoms. The lowest BCUT2D eigenvalue weighted by Gasteiger charge is -2.27. The molecule has 0 atom stereocenters. The molecule has 0 aromatic heterocycles. The van der Waals surface area contributed by atoms with Gasteiger partial charge < -0.3 is 10.1 Å². The Labute approximate surface area is 132 Å². The Kier molecular flexibility index (Phi) is 5.21. The molecule has 0 heterocycles. The van der Waals surface area contributed by atoms with Crippen LogP contribution < -0.4 is 10.1 Å². The van der Waals surface area contributed by atoms with Gasteiger partial charge in [-0.15, -0.1) is 0 Å². The molecule has 2 aromatic carbocycles. The van der Waals surface area contributed by atoms with Crippen LogP contribution in [0.1, 0.15) is 31.4 Å². The highest BCUT2D eigenvalue weighted by molar-refractivity contribution is 5.77. The van der Waals surface area contributed by atoms with Crippen molar-refractivity contribution in [2.24, 2.45) is 0 Å². The van der Waals surface area contributed by atoms with Gasteiger partial charge in [-0.1, -0.05) is 42.5 Å². The normalized spacial score (nSPS) is 11.0. The summed E-state index contributed by atoms with van der Waals surface area (Å²) in [5, 5.41) is 3.10. The molecule has 3 heteroatoms. The standard InChI is InChI=1S/C19H23NO2/c1-19(2,16-10-12-17(22-3)13-11-16)20-18(21)14-9-15-7-5-4-6-8-15/h4-8,10-13H,9,14H2,1-3H3,(H,20,21). The van der Waals surface area contributed by atoms with Crippen molar-refractivity contribution in [3.05, 3.63) is 65.7 Å². The zero-order valence-electron chi connectivity index (χ0n) is 13.4. The van der Waals surface area contributed by atoms with Crippen LogP contribution in [-0.2, 0) is 16.8 Å². The second-order valence-corrected chi connectivity index (χ2v) is 5.89. The molecule has 3 nitrogen and oxygen atoms in total. The zero-order valence-corrected chi connectivity index (χ0v) is 13.4. The van der Waals surface area contributed by atoms with Crippen molar-refractivity contribution < 1.29 is 9.53 Å². The molecule has 116 valence electrons. The van der Waals surface area contributed by atoms with Crippen molar-refractivity contribution >= 4 is 5.91 Å². The first kappa shape index (κ1) is 16.1. The summed E-state index contributed by atoms with van der Waals surface area (Å²) < 4.78 is 5.16. The largest absolute Gasteiger partial charge is 0.497 e. The second kappa shape index (κ2) is 7.12. The monoisotopic (exact) mass is 297 g/mol. The molecule has 0 fully saturated rings. The van der Waals surface area contributed by atoms with E-state index in [9.17, 15) is 4.79 Å². The predicted molar refractivity (Wildman–Crippen MR) is 88.9 cm³/mol. The van der Waals surface area contributed by atoms with E-state index in [1.165, 1.54) is 5.56 Å². The summed E-state index contributed by atoms with van der Waals surface area (Å²) >= 11 is 0. The highest BCUT2D eigenvalue weighted by atomic mass is 16.5. The van der Waals surface area contributed by atoms with Gasteiger partial charge in [0.25, 0.3) is 0 Å². The van der Waals surface area contributed by atoms with Gasteiger partial charge in [0, 0.05) is 6.42 Å². The van der Waals surface area contributed by atoms with Gasteiger partial charge in [0.1, 0.15) is 5.75 Å². The minimum Gasteiger partial charge on any atom is -0.497 e. The van der Waals surface area contributed by atoms with Crippen molar-refractivity contribution in [2.75, 3.05) is 7.11 Å². The average molecular weight is 297 g/mol. The fraction of sp³-hybridized carbons (Fsp3) is 0.316. The molecule has 0 saturated carbocycles. The number of nitrogens with one attached hydrogen (secondary N) is 1. The maximum Gasteiger partial charge on any atom is 0.221 e. The molecule has 0 saturated heterocycles. The summed E-state index contributed by atoms with van der Waals surface area (Å²) in [6, 6.07) is 17.8. The average Bonchev–Trinajstić information content (AvgIpc) is 2.53. The van der Waals surface area contributed by atoms with Crippen molar-refractivity contribution in [3.8, 4) is 5.75 Å². The Morgan fingerprint density at radius 2 is 1.68 bits per heavy atom. The summed E-state index contributed by atoms with van der Waals surface area (Å²) in [6.45, 7) is 4.02. The smallest absolute Gasteiger partial charge is 0.221 e. The lowest BCUT2D eigenvalue weighted by Crippen LogP contribution is -2.41. The van der Waals surface area contributed by atoms with Crippen LogP contribution in [-0.4, -0.2) is 13.0 Å². The number of hydrogen-bond acceptors (Lipinski definition) is 2. The molecule has 2 rings (SSSR count). The number of rotatable bonds is 6. The van der Waals surface area contributed by atoms with E-state index in [1.807, 2.05) is 68.4 Å². The molecular weight excluding hydrogens is 274 g/mol. The SMILES string of the molecule is COc1ccc(C(C)(C)NC(=O)CCc2ccccc2)cc1. The fourth-order valence-electron chi connectivity index (χ4n) is 2.39. The zero-order chi connectivity index (χ0) is 16.0. The third-order valence-electron chi connectivity index (χ3n) is 3.75. The molecule has 2 aromatic rings. The first-order valence-corrected chi connectivity index (χ1v) is 7.51. The molecule has 0 spiro atoms. The predicted octanol–water partition coefficient (Wildman–Crippen LogP) is 3.68. The Hall–Kier alpha value is -2.29. The van der Waals surface area contributed by atoms with Gasteiger partial charge in [-0.2, -0.15) is 0 Å². The minimum atomic E-state index is -0.403. The number of amides is 1. The molecule has 1 N–H and O–H groups in total. The van der Waals surface area contributed by atoms with E-state index in [2.05, 4.69) is 5.32 Å². The quantitative estimate of drug-likeness (QED) is 0.883. The van der Waals surface area contributed by atoms with Gasteiger partial charge >= 0.3 is 0 Å². The van der Waals surface area contributed by atoms with E-state index in [-0.39, 0.29) is 5.91 Å². The second-order valence-electron chi connectivity index (χ2n) is 5.89. The minimum absolute atomic E-state index is 0.0599. The van der Waals surface area contributed by atoms with Gasteiger partial charge in [0.15, 0.2) is 0 Å². The first-order chi connectivity index (χ1) is 10.5. The number of hydrogen-bond donors (Lipinski definition) is 1. The Morgan fingerprint density at radius 1 is 1.05 bits per heavy atom. The number of ether oxygens (including phenoxy) is 1. The number of carbonyl (C=O) groups excluding carboxylic acids is 1. The number of benzene rings is 2. The number of carbonyl (C=O) groups is 1. The van der Waals surface area contributed by atoms with Crippen LogP contribution in [0.2, 0.25) is 0 Å². The highest BCUT2D eigenvalue weighted by Crippen LogP contribution is 2.22. The van der Waals surface area contributed by atoms with Gasteiger partial charge in [-0.05, 0) is 43.5 Å². The fourth-order valence-corrected chi connectivity index (χ4v) is 2.39. The summed E-state index contributed by atoms with van der Waals surface area (Å²) in [5.74, 6) is 0.875. The van der Waals surface area contributed by atoms with E-state index in [4.69, 9.17) is 4.74 Å². The van der Waals surface area contributed by atoms with Gasteiger partial charge in [0.2, 0.25) is 5.91 Å². The van der Waals surface area contributed by atoms with Crippen LogP contribution in [0.25, 0.3) is 0 Å². The van der Waals surface area contributed by atoms with Crippen molar-refractivity contribution in [1.29, 1.82) is 0 Å². The number of aryl methyl sites for hydroxylation is 1. The van der Waals surface area contributed by atoms with Gasteiger partial charge in [0.05, 0.1) is 12.6 Å². The van der Waals surface area contributed by atoms with Crippen LogP contribution in [0.4, 0.5) is 0 Å². The van der Waals surface area contributed by atoms with Crippen molar-refractivity contribution in [1.82, 2.24) is 5.32 Å². The molecule has 0 aliphatic rings. The lowest BCUT2D eigenvalue weighted by atomic mass is 9.94. The molecule has 0 aliphatic heterocycles. The molecule has 1 amide bonds. The lowest BCUT2D eigenvalue weighted by molar-refractivity contribution is -0.122. The number of methoxy groups -OCH3 is 1. The van der Waals surface area contributed by atoms with Crippen LogP contribution in [0.3, 0.4) is 0 Å². The van der Waals surface area contributed by atoms with E-state index < -0.39 is 5.54 Å². The van der Waals surface area contributed by atoms with Crippen molar-refractivity contribution in [2.45, 2.75) is 32.2 Å².